The van der Waals surface area contributed by atoms with Crippen molar-refractivity contribution in [2.24, 2.45) is 5.41 Å². The molecule has 0 atom stereocenters. The molecule has 4 rings (SSSR count). The third kappa shape index (κ3) is 3.09. The van der Waals surface area contributed by atoms with Crippen LogP contribution in [0.25, 0.3) is 10.9 Å². The van der Waals surface area contributed by atoms with Crippen LogP contribution in [0.1, 0.15) is 36.0 Å². The monoisotopic (exact) mass is 355 g/mol. The smallest absolute Gasteiger partial charge is 0.253 e. The van der Waals surface area contributed by atoms with E-state index in [9.17, 15) is 14.7 Å². The highest BCUT2D eigenvalue weighted by molar-refractivity contribution is 5.98. The van der Waals surface area contributed by atoms with E-state index in [1.54, 1.807) is 4.90 Å². The van der Waals surface area contributed by atoms with Crippen molar-refractivity contribution in [3.8, 4) is 0 Å². The lowest BCUT2D eigenvalue weighted by Crippen LogP contribution is -2.52. The molecule has 2 fully saturated rings. The van der Waals surface area contributed by atoms with Crippen LogP contribution in [-0.2, 0) is 4.79 Å². The van der Waals surface area contributed by atoms with Gasteiger partial charge in [0.05, 0.1) is 6.61 Å². The zero-order valence-electron chi connectivity index (χ0n) is 14.9. The third-order valence-electron chi connectivity index (χ3n) is 6.03. The normalized spacial score (nSPS) is 20.1. The molecule has 0 unspecified atom stereocenters. The van der Waals surface area contributed by atoms with Gasteiger partial charge in [-0.05, 0) is 48.3 Å². The van der Waals surface area contributed by atoms with Crippen molar-refractivity contribution in [1.29, 1.82) is 0 Å². The topological polar surface area (TPSA) is 76.6 Å². The molecule has 2 aromatic rings. The molecule has 3 heterocycles. The summed E-state index contributed by atoms with van der Waals surface area (Å²) >= 11 is 0. The number of likely N-dealkylation sites (tertiary alicyclic amines) is 2. The van der Waals surface area contributed by atoms with Crippen LogP contribution < -0.4 is 0 Å². The number of hydrogen-bond acceptors (Lipinski definition) is 3. The van der Waals surface area contributed by atoms with Gasteiger partial charge in [0.1, 0.15) is 0 Å². The number of benzene rings is 1. The lowest BCUT2D eigenvalue weighted by molar-refractivity contribution is -0.139. The summed E-state index contributed by atoms with van der Waals surface area (Å²) in [5.41, 5.74) is 1.80. The zero-order valence-corrected chi connectivity index (χ0v) is 14.9. The number of carbonyl (C=O) groups excluding carboxylic acids is 2. The van der Waals surface area contributed by atoms with E-state index in [4.69, 9.17) is 0 Å². The lowest BCUT2D eigenvalue weighted by Gasteiger charge is -2.47. The summed E-state index contributed by atoms with van der Waals surface area (Å²) in [5.74, 6) is 0.220. The third-order valence-corrected chi connectivity index (χ3v) is 6.03. The van der Waals surface area contributed by atoms with Crippen LogP contribution in [0.2, 0.25) is 0 Å². The van der Waals surface area contributed by atoms with Gasteiger partial charge in [0.15, 0.2) is 0 Å². The predicted molar refractivity (Wildman–Crippen MR) is 98.8 cm³/mol. The van der Waals surface area contributed by atoms with Crippen LogP contribution >= 0.6 is 0 Å². The molecule has 1 spiro atoms. The summed E-state index contributed by atoms with van der Waals surface area (Å²) in [6.45, 7) is 2.58. The molecular weight excluding hydrogens is 330 g/mol. The molecule has 138 valence electrons. The van der Waals surface area contributed by atoms with Crippen molar-refractivity contribution in [2.45, 2.75) is 25.7 Å². The summed E-state index contributed by atoms with van der Waals surface area (Å²) in [6, 6.07) is 7.79. The van der Waals surface area contributed by atoms with E-state index in [0.29, 0.717) is 19.5 Å². The molecule has 0 radical (unpaired) electrons. The van der Waals surface area contributed by atoms with E-state index in [2.05, 4.69) is 4.98 Å². The second-order valence-corrected chi connectivity index (χ2v) is 7.61. The fourth-order valence-electron chi connectivity index (χ4n) is 4.38. The van der Waals surface area contributed by atoms with Crippen molar-refractivity contribution in [3.63, 3.8) is 0 Å². The first-order valence-electron chi connectivity index (χ1n) is 9.35. The molecule has 6 heteroatoms. The summed E-state index contributed by atoms with van der Waals surface area (Å²) in [4.78, 5) is 31.8. The van der Waals surface area contributed by atoms with Gasteiger partial charge in [0, 0.05) is 49.9 Å². The first kappa shape index (κ1) is 17.1. The Morgan fingerprint density at radius 1 is 1.19 bits per heavy atom. The minimum absolute atomic E-state index is 0.00759. The second kappa shape index (κ2) is 6.76. The quantitative estimate of drug-likeness (QED) is 0.884. The summed E-state index contributed by atoms with van der Waals surface area (Å²) < 4.78 is 0. The van der Waals surface area contributed by atoms with Gasteiger partial charge in [-0.1, -0.05) is 6.07 Å². The summed E-state index contributed by atoms with van der Waals surface area (Å²) in [7, 11) is 0. The van der Waals surface area contributed by atoms with Crippen LogP contribution in [-0.4, -0.2) is 64.5 Å². The Labute approximate surface area is 152 Å². The van der Waals surface area contributed by atoms with Crippen LogP contribution in [0.3, 0.4) is 0 Å². The first-order chi connectivity index (χ1) is 12.6. The van der Waals surface area contributed by atoms with Crippen LogP contribution in [0.15, 0.2) is 30.5 Å². The maximum absolute atomic E-state index is 12.9. The van der Waals surface area contributed by atoms with E-state index >= 15 is 0 Å². The molecular formula is C20H25N3O3. The molecule has 6 nitrogen and oxygen atoms in total. The Hall–Kier alpha value is -2.34. The van der Waals surface area contributed by atoms with E-state index < -0.39 is 0 Å². The number of aromatic amines is 1. The van der Waals surface area contributed by atoms with Crippen molar-refractivity contribution >= 4 is 22.7 Å². The van der Waals surface area contributed by atoms with Gasteiger partial charge < -0.3 is 19.9 Å². The number of piperidine rings is 2. The average Bonchev–Trinajstić information content (AvgIpc) is 3.13. The van der Waals surface area contributed by atoms with Gasteiger partial charge in [-0.2, -0.15) is 0 Å². The van der Waals surface area contributed by atoms with Crippen molar-refractivity contribution < 1.29 is 14.7 Å². The number of hydrogen-bond donors (Lipinski definition) is 2. The van der Waals surface area contributed by atoms with Gasteiger partial charge in [-0.15, -0.1) is 0 Å². The molecule has 2 saturated heterocycles. The number of rotatable bonds is 3. The number of nitrogens with zero attached hydrogens (tertiary/aromatic N) is 2. The Bertz CT molecular complexity index is 821. The van der Waals surface area contributed by atoms with E-state index in [1.807, 2.05) is 35.4 Å². The molecule has 1 aromatic carbocycles. The Kier molecular flexibility index (Phi) is 4.44. The highest BCUT2D eigenvalue weighted by atomic mass is 16.3. The molecule has 1 aromatic heterocycles. The zero-order chi connectivity index (χ0) is 18.1. The minimum Gasteiger partial charge on any atom is -0.395 e. The Morgan fingerprint density at radius 2 is 2.00 bits per heavy atom. The molecule has 26 heavy (non-hydrogen) atoms. The molecule has 0 bridgehead atoms. The Balaban J connectivity index is 1.42. The largest absolute Gasteiger partial charge is 0.395 e. The number of H-pyrrole nitrogens is 1. The molecule has 0 aliphatic carbocycles. The maximum atomic E-state index is 12.9. The van der Waals surface area contributed by atoms with Crippen molar-refractivity contribution in [1.82, 2.24) is 14.8 Å². The number of carbonyl (C=O) groups is 2. The van der Waals surface area contributed by atoms with Crippen molar-refractivity contribution in [3.05, 3.63) is 36.0 Å². The lowest BCUT2D eigenvalue weighted by atomic mass is 9.72. The minimum atomic E-state index is 0.00759. The highest BCUT2D eigenvalue weighted by Gasteiger charge is 2.41. The summed E-state index contributed by atoms with van der Waals surface area (Å²) in [5, 5.41) is 10.3. The first-order valence-corrected chi connectivity index (χ1v) is 9.35. The van der Waals surface area contributed by atoms with Gasteiger partial charge in [-0.3, -0.25) is 9.59 Å². The number of amides is 2. The average molecular weight is 355 g/mol. The summed E-state index contributed by atoms with van der Waals surface area (Å²) in [6.07, 6.45) is 5.16. The van der Waals surface area contributed by atoms with E-state index in [1.165, 1.54) is 0 Å². The van der Waals surface area contributed by atoms with Crippen LogP contribution in [0.5, 0.6) is 0 Å². The highest BCUT2D eigenvalue weighted by Crippen LogP contribution is 2.40. The molecule has 2 aliphatic heterocycles. The molecule has 0 saturated carbocycles. The fourth-order valence-corrected chi connectivity index (χ4v) is 4.38. The second-order valence-electron chi connectivity index (χ2n) is 7.61. The molecule has 2 aliphatic rings. The van der Waals surface area contributed by atoms with Crippen LogP contribution in [0.4, 0.5) is 0 Å². The van der Waals surface area contributed by atoms with Gasteiger partial charge in [-0.25, -0.2) is 0 Å². The maximum Gasteiger partial charge on any atom is 0.253 e. The SMILES string of the molecule is O=C1CCC2(CCN(C(=O)c3ccc4cc[nH]c4c3)CC2)CN1CCO. The number of aromatic nitrogens is 1. The predicted octanol–water partition coefficient (Wildman–Crippen LogP) is 2.01. The van der Waals surface area contributed by atoms with Gasteiger partial charge >= 0.3 is 0 Å². The molecule has 2 N–H and O–H groups in total. The number of nitrogens with one attached hydrogen (secondary N) is 1. The standard InChI is InChI=1S/C20H25N3O3/c24-12-11-23-14-20(5-3-18(23)25)6-9-22(10-7-20)19(26)16-2-1-15-4-8-21-17(15)13-16/h1-2,4,8,13,21,24H,3,5-7,9-12,14H2. The molecule has 2 amide bonds. The van der Waals surface area contributed by atoms with Crippen LogP contribution in [0, 0.1) is 5.41 Å². The number of β-amino-alcohol motifs (C(OH)–C–C–N with tert-alkyl or cyclic N) is 1. The van der Waals surface area contributed by atoms with E-state index in [-0.39, 0.29) is 23.8 Å². The van der Waals surface area contributed by atoms with Crippen molar-refractivity contribution in [2.75, 3.05) is 32.8 Å². The van der Waals surface area contributed by atoms with E-state index in [0.717, 1.165) is 48.8 Å². The Morgan fingerprint density at radius 3 is 2.77 bits per heavy atom. The number of aliphatic hydroxyl groups is 1. The fraction of sp³-hybridized carbons (Fsp3) is 0.500. The number of aliphatic hydroxyl groups excluding tert-OH is 1. The number of fused-ring (bicyclic) bond motifs is 1. The van der Waals surface area contributed by atoms with Gasteiger partial charge in [0.25, 0.3) is 5.91 Å². The van der Waals surface area contributed by atoms with Gasteiger partial charge in [0.2, 0.25) is 5.91 Å².